The Morgan fingerprint density at radius 2 is 1.75 bits per heavy atom. The van der Waals surface area contributed by atoms with Gasteiger partial charge in [0.05, 0.1) is 6.04 Å². The molecule has 0 amide bonds. The summed E-state index contributed by atoms with van der Waals surface area (Å²) in [5.74, 6) is 2.58. The summed E-state index contributed by atoms with van der Waals surface area (Å²) in [5, 5.41) is 3.84. The molecule has 1 aliphatic rings. The van der Waals surface area contributed by atoms with Gasteiger partial charge in [-0.25, -0.2) is 4.98 Å². The molecule has 2 aromatic heterocycles. The van der Waals surface area contributed by atoms with E-state index in [9.17, 15) is 0 Å². The number of anilines is 1. The molecule has 0 aromatic carbocycles. The number of nitrogens with zero attached hydrogens (tertiary/aromatic N) is 4. The number of nitrogen functional groups attached to an aromatic ring is 1. The largest absolute Gasteiger partial charge is 0.384 e. The second kappa shape index (κ2) is 15.1. The van der Waals surface area contributed by atoms with Crippen LogP contribution in [0.2, 0.25) is 0 Å². The van der Waals surface area contributed by atoms with Gasteiger partial charge in [0, 0.05) is 44.4 Å². The van der Waals surface area contributed by atoms with Crippen molar-refractivity contribution in [2.45, 2.75) is 87.7 Å². The van der Waals surface area contributed by atoms with Gasteiger partial charge in [-0.2, -0.15) is 4.98 Å². The summed E-state index contributed by atoms with van der Waals surface area (Å²) in [6, 6.07) is 6.61. The van der Waals surface area contributed by atoms with Crippen molar-refractivity contribution in [3.05, 3.63) is 35.6 Å². The zero-order valence-electron chi connectivity index (χ0n) is 15.9. The van der Waals surface area contributed by atoms with Crippen molar-refractivity contribution in [3.8, 4) is 0 Å². The van der Waals surface area contributed by atoms with Crippen molar-refractivity contribution in [2.75, 3.05) is 12.3 Å². The first-order chi connectivity index (χ1) is 11.4. The first-order valence-corrected chi connectivity index (χ1v) is 8.67. The molecule has 0 aliphatic carbocycles. The molecule has 6 nitrogen and oxygen atoms in total. The summed E-state index contributed by atoms with van der Waals surface area (Å²) in [6.45, 7) is 11.6. The monoisotopic (exact) mass is 468 g/mol. The Kier molecular flexibility index (Phi) is 17.1. The van der Waals surface area contributed by atoms with Crippen molar-refractivity contribution in [1.82, 2.24) is 20.0 Å². The Labute approximate surface area is 198 Å². The molecular formula is C21H41N5OY. The Balaban J connectivity index is -0.000000407. The van der Waals surface area contributed by atoms with Crippen LogP contribution in [0.25, 0.3) is 0 Å². The molecule has 0 spiro atoms. The van der Waals surface area contributed by atoms with Crippen molar-refractivity contribution >= 4 is 5.82 Å². The zero-order chi connectivity index (χ0) is 17.7. The molecule has 3 rings (SSSR count). The zero-order valence-corrected chi connectivity index (χ0v) is 18.8. The van der Waals surface area contributed by atoms with E-state index in [0.717, 1.165) is 30.4 Å². The maximum absolute atomic E-state index is 5.49. The van der Waals surface area contributed by atoms with Crippen LogP contribution in [0, 0.1) is 6.92 Å². The maximum atomic E-state index is 5.49. The van der Waals surface area contributed by atoms with Crippen LogP contribution >= 0.6 is 0 Å². The van der Waals surface area contributed by atoms with E-state index in [-0.39, 0.29) is 55.0 Å². The molecule has 3 heterocycles. The van der Waals surface area contributed by atoms with E-state index in [2.05, 4.69) is 47.7 Å². The first kappa shape index (κ1) is 31.8. The topological polar surface area (TPSA) is 81.1 Å². The van der Waals surface area contributed by atoms with Gasteiger partial charge in [0.2, 0.25) is 5.89 Å². The van der Waals surface area contributed by atoms with Crippen LogP contribution in [0.1, 0.15) is 92.2 Å². The molecule has 1 saturated heterocycles. The van der Waals surface area contributed by atoms with Crippen molar-refractivity contribution in [3.63, 3.8) is 0 Å². The van der Waals surface area contributed by atoms with Crippen LogP contribution in [0.5, 0.6) is 0 Å². The number of hydrogen-bond donors (Lipinski definition) is 1. The Hall–Kier alpha value is -0.846. The standard InChI is InChI=1S/C10H17N3O.C8H12N2.3CH4.Y/c1-7(2)13-6-4-5-9(13)10-11-8(3)12-14-10;1-6(2)7-4-3-5-8(9)10-7;;;;/h7,9H,4-6H2,1-3H3;3-6H,1-2H3,(H2,9,10);3*1H4;. The minimum absolute atomic E-state index is 0. The van der Waals surface area contributed by atoms with E-state index in [0.29, 0.717) is 23.8 Å². The average molecular weight is 468 g/mol. The van der Waals surface area contributed by atoms with Crippen molar-refractivity contribution in [2.24, 2.45) is 0 Å². The van der Waals surface area contributed by atoms with E-state index in [1.807, 2.05) is 19.1 Å². The quantitative estimate of drug-likeness (QED) is 0.630. The van der Waals surface area contributed by atoms with Gasteiger partial charge in [-0.1, -0.05) is 47.4 Å². The van der Waals surface area contributed by atoms with Gasteiger partial charge in [-0.3, -0.25) is 4.90 Å². The fraction of sp³-hybridized carbons (Fsp3) is 0.667. The summed E-state index contributed by atoms with van der Waals surface area (Å²) >= 11 is 0. The van der Waals surface area contributed by atoms with Gasteiger partial charge in [-0.15, -0.1) is 0 Å². The minimum Gasteiger partial charge on any atom is -0.384 e. The molecule has 159 valence electrons. The molecule has 1 atom stereocenters. The molecule has 0 saturated carbocycles. The first-order valence-electron chi connectivity index (χ1n) is 8.67. The molecule has 1 unspecified atom stereocenters. The number of aromatic nitrogens is 3. The van der Waals surface area contributed by atoms with Gasteiger partial charge >= 0.3 is 0 Å². The van der Waals surface area contributed by atoms with Crippen LogP contribution < -0.4 is 5.73 Å². The van der Waals surface area contributed by atoms with Gasteiger partial charge in [-0.05, 0) is 58.2 Å². The molecule has 28 heavy (non-hydrogen) atoms. The molecule has 7 heteroatoms. The Bertz CT molecular complexity index is 645. The van der Waals surface area contributed by atoms with Crippen LogP contribution in [0.3, 0.4) is 0 Å². The SMILES string of the molecule is C.C.C.CC(C)c1cccc(N)n1.Cc1noc(C2CCCN2C(C)C)n1.[Y]. The summed E-state index contributed by atoms with van der Waals surface area (Å²) < 4.78 is 5.23. The fourth-order valence-electron chi connectivity index (χ4n) is 2.91. The Morgan fingerprint density at radius 1 is 1.11 bits per heavy atom. The molecule has 2 N–H and O–H groups in total. The summed E-state index contributed by atoms with van der Waals surface area (Å²) in [6.07, 6.45) is 2.37. The number of pyridine rings is 1. The normalized spacial score (nSPS) is 15.5. The third-order valence-corrected chi connectivity index (χ3v) is 4.17. The average Bonchev–Trinajstić information content (AvgIpc) is 3.16. The predicted molar refractivity (Wildman–Crippen MR) is 116 cm³/mol. The van der Waals surface area contributed by atoms with E-state index in [4.69, 9.17) is 10.3 Å². The number of nitrogens with two attached hydrogens (primary N) is 1. The summed E-state index contributed by atoms with van der Waals surface area (Å²) in [4.78, 5) is 10.9. The summed E-state index contributed by atoms with van der Waals surface area (Å²) in [7, 11) is 0. The van der Waals surface area contributed by atoms with Gasteiger partial charge < -0.3 is 10.3 Å². The molecule has 0 bridgehead atoms. The van der Waals surface area contributed by atoms with E-state index in [1.54, 1.807) is 6.07 Å². The van der Waals surface area contributed by atoms with Gasteiger partial charge in [0.15, 0.2) is 5.82 Å². The third-order valence-electron chi connectivity index (χ3n) is 4.17. The number of aryl methyl sites for hydroxylation is 1. The predicted octanol–water partition coefficient (Wildman–Crippen LogP) is 5.62. The summed E-state index contributed by atoms with van der Waals surface area (Å²) in [5.41, 5.74) is 6.54. The van der Waals surface area contributed by atoms with Gasteiger partial charge in [0.1, 0.15) is 5.82 Å². The molecular weight excluding hydrogens is 427 g/mol. The molecule has 1 radical (unpaired) electrons. The Morgan fingerprint density at radius 3 is 2.18 bits per heavy atom. The van der Waals surface area contributed by atoms with E-state index < -0.39 is 0 Å². The number of hydrogen-bond acceptors (Lipinski definition) is 6. The van der Waals surface area contributed by atoms with E-state index >= 15 is 0 Å². The second-order valence-electron chi connectivity index (χ2n) is 6.81. The van der Waals surface area contributed by atoms with Crippen LogP contribution in [-0.4, -0.2) is 32.6 Å². The van der Waals surface area contributed by atoms with Crippen molar-refractivity contribution < 1.29 is 37.2 Å². The molecule has 1 fully saturated rings. The molecule has 1 aliphatic heterocycles. The number of likely N-dealkylation sites (tertiary alicyclic amines) is 1. The molecule has 2 aromatic rings. The number of rotatable bonds is 3. The van der Waals surface area contributed by atoms with Crippen LogP contribution in [-0.2, 0) is 32.7 Å². The smallest absolute Gasteiger partial charge is 0.243 e. The third kappa shape index (κ3) is 9.10. The minimum atomic E-state index is 0. The van der Waals surface area contributed by atoms with Crippen LogP contribution in [0.4, 0.5) is 5.82 Å². The second-order valence-corrected chi connectivity index (χ2v) is 6.81. The van der Waals surface area contributed by atoms with Crippen molar-refractivity contribution in [1.29, 1.82) is 0 Å². The van der Waals surface area contributed by atoms with Crippen LogP contribution in [0.15, 0.2) is 22.7 Å². The fourth-order valence-corrected chi connectivity index (χ4v) is 2.91. The van der Waals surface area contributed by atoms with E-state index in [1.165, 1.54) is 6.42 Å². The van der Waals surface area contributed by atoms with Gasteiger partial charge in [0.25, 0.3) is 0 Å². The maximum Gasteiger partial charge on any atom is 0.243 e.